The normalized spacial score (nSPS) is 26.9. The van der Waals surface area contributed by atoms with Crippen LogP contribution in [0.5, 0.6) is 0 Å². The zero-order valence-corrected chi connectivity index (χ0v) is 23.7. The van der Waals surface area contributed by atoms with Gasteiger partial charge in [-0.25, -0.2) is 0 Å². The molecule has 3 aromatic carbocycles. The van der Waals surface area contributed by atoms with E-state index in [2.05, 4.69) is 120 Å². The van der Waals surface area contributed by atoms with Crippen molar-refractivity contribution < 1.29 is 0 Å². The number of rotatable bonds is 6. The standard InChI is InChI=1S/C32H40IP/c1-26-17-21-28(22-18-26)29-23-19-27(20-24-29)25-34(33,30-11-5-2-6-12-30,31-13-7-3-8-14-31)32-15-9-4-10-16-32/h2-16,26-29H,17-25H2,1H3. The summed E-state index contributed by atoms with van der Waals surface area (Å²) in [5.74, 6) is 3.74. The summed E-state index contributed by atoms with van der Waals surface area (Å²) in [6.45, 7) is 2.45. The molecule has 2 saturated carbocycles. The first-order chi connectivity index (χ1) is 16.6. The van der Waals surface area contributed by atoms with Crippen LogP contribution in [0.4, 0.5) is 0 Å². The molecule has 2 aliphatic carbocycles. The first kappa shape index (κ1) is 24.5. The van der Waals surface area contributed by atoms with E-state index >= 15 is 0 Å². The van der Waals surface area contributed by atoms with E-state index in [1.54, 1.807) is 0 Å². The Balaban J connectivity index is 1.49. The van der Waals surface area contributed by atoms with E-state index in [1.165, 1.54) is 73.4 Å². The van der Waals surface area contributed by atoms with Crippen LogP contribution < -0.4 is 15.9 Å². The molecule has 3 aromatic rings. The van der Waals surface area contributed by atoms with Crippen LogP contribution in [-0.2, 0) is 0 Å². The minimum atomic E-state index is -2.63. The molecule has 5 rings (SSSR count). The zero-order valence-electron chi connectivity index (χ0n) is 20.7. The van der Waals surface area contributed by atoms with Crippen molar-refractivity contribution >= 4 is 42.2 Å². The van der Waals surface area contributed by atoms with E-state index in [1.807, 2.05) is 0 Å². The van der Waals surface area contributed by atoms with Crippen LogP contribution in [-0.4, -0.2) is 6.16 Å². The van der Waals surface area contributed by atoms with Crippen LogP contribution >= 0.6 is 26.3 Å². The van der Waals surface area contributed by atoms with Gasteiger partial charge in [0.25, 0.3) is 0 Å². The summed E-state index contributed by atoms with van der Waals surface area (Å²) in [6, 6.07) is 34.5. The molecule has 0 radical (unpaired) electrons. The molecule has 2 heteroatoms. The molecule has 180 valence electrons. The van der Waals surface area contributed by atoms with Crippen molar-refractivity contribution in [3.63, 3.8) is 0 Å². The number of halogens is 1. The van der Waals surface area contributed by atoms with Crippen molar-refractivity contribution in [1.29, 1.82) is 0 Å². The maximum absolute atomic E-state index is 2.99. The zero-order chi connectivity index (χ0) is 23.5. The fourth-order valence-electron chi connectivity index (χ4n) is 7.06. The van der Waals surface area contributed by atoms with Crippen LogP contribution in [0.3, 0.4) is 0 Å². The van der Waals surface area contributed by atoms with E-state index in [-0.39, 0.29) is 0 Å². The topological polar surface area (TPSA) is 0 Å². The Morgan fingerprint density at radius 1 is 0.559 bits per heavy atom. The maximum atomic E-state index is 2.99. The molecule has 0 heterocycles. The quantitative estimate of drug-likeness (QED) is 0.202. The number of hydrogen-bond donors (Lipinski definition) is 0. The van der Waals surface area contributed by atoms with Gasteiger partial charge in [-0.15, -0.1) is 0 Å². The number of hydrogen-bond acceptors (Lipinski definition) is 0. The van der Waals surface area contributed by atoms with E-state index in [4.69, 9.17) is 0 Å². The summed E-state index contributed by atoms with van der Waals surface area (Å²) < 4.78 is -2.63. The molecule has 0 bridgehead atoms. The van der Waals surface area contributed by atoms with Crippen molar-refractivity contribution in [2.45, 2.75) is 58.3 Å². The molecule has 0 aromatic heterocycles. The fourth-order valence-corrected chi connectivity index (χ4v) is 16.9. The summed E-state index contributed by atoms with van der Waals surface area (Å²) in [5, 5.41) is 4.61. The van der Waals surface area contributed by atoms with Crippen molar-refractivity contribution in [1.82, 2.24) is 0 Å². The SMILES string of the molecule is CC1CCC(C2CCC(CP(I)(c3ccccc3)(c3ccccc3)c3ccccc3)CC2)CC1. The van der Waals surface area contributed by atoms with Crippen LogP contribution in [0.15, 0.2) is 91.0 Å². The second kappa shape index (κ2) is 10.4. The Hall–Kier alpha value is -1.18. The molecule has 0 saturated heterocycles. The average Bonchev–Trinajstić information content (AvgIpc) is 2.91. The molecule has 0 atom stereocenters. The molecule has 0 N–H and O–H groups in total. The molecule has 0 amide bonds. The van der Waals surface area contributed by atoms with Gasteiger partial charge in [0.2, 0.25) is 0 Å². The van der Waals surface area contributed by atoms with Gasteiger partial charge in [-0.1, -0.05) is 0 Å². The van der Waals surface area contributed by atoms with Gasteiger partial charge in [-0.3, -0.25) is 0 Å². The predicted octanol–water partition coefficient (Wildman–Crippen LogP) is 8.50. The van der Waals surface area contributed by atoms with E-state index < -0.39 is 4.25 Å². The van der Waals surface area contributed by atoms with Crippen LogP contribution in [0.1, 0.15) is 58.3 Å². The summed E-state index contributed by atoms with van der Waals surface area (Å²) in [5.41, 5.74) is 0. The van der Waals surface area contributed by atoms with Gasteiger partial charge in [0.1, 0.15) is 0 Å². The van der Waals surface area contributed by atoms with Crippen LogP contribution in [0.2, 0.25) is 0 Å². The first-order valence-corrected chi connectivity index (χ1v) is 18.7. The van der Waals surface area contributed by atoms with Gasteiger partial charge in [0, 0.05) is 0 Å². The molecule has 0 nitrogen and oxygen atoms in total. The van der Waals surface area contributed by atoms with E-state index in [0.717, 1.165) is 23.7 Å². The van der Waals surface area contributed by atoms with Crippen molar-refractivity contribution in [3.8, 4) is 0 Å². The minimum absolute atomic E-state index is 0.800. The molecular formula is C32H40IP. The predicted molar refractivity (Wildman–Crippen MR) is 161 cm³/mol. The molecule has 0 aliphatic heterocycles. The van der Waals surface area contributed by atoms with Gasteiger partial charge < -0.3 is 0 Å². The van der Waals surface area contributed by atoms with E-state index in [0.29, 0.717) is 0 Å². The summed E-state index contributed by atoms with van der Waals surface area (Å²) in [7, 11) is 0. The third-order valence-electron chi connectivity index (χ3n) is 9.10. The Kier molecular flexibility index (Phi) is 7.52. The van der Waals surface area contributed by atoms with Crippen molar-refractivity contribution in [3.05, 3.63) is 91.0 Å². The van der Waals surface area contributed by atoms with Gasteiger partial charge in [0.05, 0.1) is 0 Å². The van der Waals surface area contributed by atoms with Crippen LogP contribution in [0.25, 0.3) is 0 Å². The molecule has 34 heavy (non-hydrogen) atoms. The first-order valence-electron chi connectivity index (χ1n) is 13.5. The van der Waals surface area contributed by atoms with Gasteiger partial charge in [-0.05, 0) is 0 Å². The second-order valence-corrected chi connectivity index (χ2v) is 21.8. The Morgan fingerprint density at radius 3 is 1.29 bits per heavy atom. The Labute approximate surface area is 220 Å². The summed E-state index contributed by atoms with van der Waals surface area (Å²) in [6.07, 6.45) is 12.9. The molecule has 0 spiro atoms. The molecule has 2 aliphatic rings. The van der Waals surface area contributed by atoms with Gasteiger partial charge in [0.15, 0.2) is 0 Å². The van der Waals surface area contributed by atoms with Crippen molar-refractivity contribution in [2.75, 3.05) is 6.16 Å². The Morgan fingerprint density at radius 2 is 0.912 bits per heavy atom. The van der Waals surface area contributed by atoms with E-state index in [9.17, 15) is 0 Å². The third kappa shape index (κ3) is 4.64. The van der Waals surface area contributed by atoms with Gasteiger partial charge in [-0.2, -0.15) is 0 Å². The Bertz CT molecular complexity index is 933. The monoisotopic (exact) mass is 582 g/mol. The van der Waals surface area contributed by atoms with Crippen LogP contribution in [0, 0.1) is 23.7 Å². The average molecular weight is 583 g/mol. The number of benzene rings is 3. The molecule has 0 unspecified atom stereocenters. The third-order valence-corrected chi connectivity index (χ3v) is 20.6. The van der Waals surface area contributed by atoms with Crippen molar-refractivity contribution in [2.24, 2.45) is 23.7 Å². The van der Waals surface area contributed by atoms with Gasteiger partial charge >= 0.3 is 221 Å². The summed E-state index contributed by atoms with van der Waals surface area (Å²) >= 11 is 2.99. The summed E-state index contributed by atoms with van der Waals surface area (Å²) in [4.78, 5) is 0. The second-order valence-electron chi connectivity index (χ2n) is 11.2. The molecular weight excluding hydrogens is 542 g/mol. The fraction of sp³-hybridized carbons (Fsp3) is 0.438. The molecule has 2 fully saturated rings.